The fraction of sp³-hybridized carbons (Fsp3) is 0.576. The molecule has 2 aromatic carbocycles. The third-order valence-corrected chi connectivity index (χ3v) is 7.92. The van der Waals surface area contributed by atoms with Gasteiger partial charge in [-0.05, 0) is 79.0 Å². The van der Waals surface area contributed by atoms with E-state index in [-0.39, 0.29) is 6.10 Å². The third kappa shape index (κ3) is 9.06. The molecule has 0 radical (unpaired) electrons. The van der Waals surface area contributed by atoms with Gasteiger partial charge in [-0.2, -0.15) is 0 Å². The highest BCUT2D eigenvalue weighted by Crippen LogP contribution is 2.34. The van der Waals surface area contributed by atoms with E-state index in [2.05, 4.69) is 74.5 Å². The number of hydrogen-bond donors (Lipinski definition) is 0. The Bertz CT molecular complexity index is 805. The molecule has 3 rings (SSSR count). The smallest absolute Gasteiger partial charge is 0.0818 e. The number of hydrogen-bond acceptors (Lipinski definition) is 1. The van der Waals surface area contributed by atoms with Crippen LogP contribution in [0, 0.1) is 11.8 Å². The van der Waals surface area contributed by atoms with Crippen molar-refractivity contribution in [1.82, 2.24) is 0 Å². The summed E-state index contributed by atoms with van der Waals surface area (Å²) < 4.78 is 5.57. The van der Waals surface area contributed by atoms with Gasteiger partial charge in [0.05, 0.1) is 6.10 Å². The molecular formula is C33H48O. The highest BCUT2D eigenvalue weighted by Gasteiger charge is 2.20. The fourth-order valence-electron chi connectivity index (χ4n) is 5.61. The van der Waals surface area contributed by atoms with Gasteiger partial charge >= 0.3 is 0 Å². The van der Waals surface area contributed by atoms with E-state index in [1.54, 1.807) is 0 Å². The Morgan fingerprint density at radius 2 is 1.32 bits per heavy atom. The molecule has 1 aliphatic carbocycles. The molecule has 34 heavy (non-hydrogen) atoms. The predicted octanol–water partition coefficient (Wildman–Crippen LogP) is 9.44. The first kappa shape index (κ1) is 26.7. The first-order valence-electron chi connectivity index (χ1n) is 14.1. The van der Waals surface area contributed by atoms with Gasteiger partial charge in [0.15, 0.2) is 0 Å². The van der Waals surface area contributed by atoms with Gasteiger partial charge in [0, 0.05) is 7.11 Å². The molecule has 0 saturated heterocycles. The van der Waals surface area contributed by atoms with E-state index in [1.807, 2.05) is 7.11 Å². The Labute approximate surface area is 210 Å². The van der Waals surface area contributed by atoms with Crippen LogP contribution in [0.25, 0.3) is 0 Å². The Morgan fingerprint density at radius 3 is 1.94 bits per heavy atom. The van der Waals surface area contributed by atoms with Crippen molar-refractivity contribution in [3.63, 3.8) is 0 Å². The van der Waals surface area contributed by atoms with Gasteiger partial charge in [0.2, 0.25) is 0 Å². The first-order chi connectivity index (χ1) is 16.7. The van der Waals surface area contributed by atoms with Gasteiger partial charge in [-0.1, -0.05) is 113 Å². The van der Waals surface area contributed by atoms with Crippen molar-refractivity contribution in [1.29, 1.82) is 0 Å². The molecule has 1 fully saturated rings. The average molecular weight is 461 g/mol. The lowest BCUT2D eigenvalue weighted by Crippen LogP contribution is -2.15. The topological polar surface area (TPSA) is 9.23 Å². The molecule has 1 atom stereocenters. The van der Waals surface area contributed by atoms with Crippen LogP contribution in [-0.4, -0.2) is 7.11 Å². The summed E-state index contributed by atoms with van der Waals surface area (Å²) in [7, 11) is 1.81. The summed E-state index contributed by atoms with van der Waals surface area (Å²) in [5.41, 5.74) is 5.74. The summed E-state index contributed by atoms with van der Waals surface area (Å²) in [6, 6.07) is 18.5. The van der Waals surface area contributed by atoms with Crippen molar-refractivity contribution >= 4 is 0 Å². The number of ether oxygens (including phenoxy) is 1. The van der Waals surface area contributed by atoms with E-state index >= 15 is 0 Å². The minimum Gasteiger partial charge on any atom is -0.377 e. The maximum absolute atomic E-state index is 5.57. The summed E-state index contributed by atoms with van der Waals surface area (Å²) >= 11 is 0. The number of unbranched alkanes of at least 4 members (excludes halogenated alkanes) is 1. The van der Waals surface area contributed by atoms with Crippen LogP contribution in [0.1, 0.15) is 106 Å². The van der Waals surface area contributed by atoms with Crippen molar-refractivity contribution in [2.24, 2.45) is 11.8 Å². The standard InChI is InChI=1S/C33H48O/c1-4-6-7-10-27-13-15-28(16-14-27)11-8-9-12-29-17-19-30(20-18-29)21-22-31-23-25-32(26-24-31)33(5-2)34-3/h6-7,13-16,23-26,29-30,33H,4-5,8-12,17-22H2,1-3H3/b7-6+/t29-,30-,33?. The number of aryl methyl sites for hydroxylation is 2. The minimum atomic E-state index is 0.239. The molecule has 0 spiro atoms. The molecule has 2 aromatic rings. The van der Waals surface area contributed by atoms with Gasteiger partial charge < -0.3 is 4.74 Å². The molecule has 1 nitrogen and oxygen atoms in total. The van der Waals surface area contributed by atoms with Crippen LogP contribution in [0.2, 0.25) is 0 Å². The molecule has 0 amide bonds. The monoisotopic (exact) mass is 460 g/mol. The van der Waals surface area contributed by atoms with Crippen LogP contribution < -0.4 is 0 Å². The quantitative estimate of drug-likeness (QED) is 0.201. The molecule has 0 N–H and O–H groups in total. The molecule has 1 saturated carbocycles. The van der Waals surface area contributed by atoms with Gasteiger partial charge in [0.1, 0.15) is 0 Å². The maximum atomic E-state index is 5.57. The molecular weight excluding hydrogens is 412 g/mol. The molecule has 0 aliphatic heterocycles. The van der Waals surface area contributed by atoms with Gasteiger partial charge in [-0.15, -0.1) is 0 Å². The summed E-state index contributed by atoms with van der Waals surface area (Å²) in [5.74, 6) is 1.91. The van der Waals surface area contributed by atoms with Crippen LogP contribution in [0.4, 0.5) is 0 Å². The maximum Gasteiger partial charge on any atom is 0.0818 e. The van der Waals surface area contributed by atoms with Crippen molar-refractivity contribution in [2.45, 2.75) is 103 Å². The zero-order chi connectivity index (χ0) is 24.0. The van der Waals surface area contributed by atoms with Gasteiger partial charge in [0.25, 0.3) is 0 Å². The number of allylic oxidation sites excluding steroid dienone is 2. The minimum absolute atomic E-state index is 0.239. The van der Waals surface area contributed by atoms with Crippen LogP contribution in [0.5, 0.6) is 0 Å². The predicted molar refractivity (Wildman–Crippen MR) is 147 cm³/mol. The number of methoxy groups -OCH3 is 1. The summed E-state index contributed by atoms with van der Waals surface area (Å²) in [5, 5.41) is 0. The largest absolute Gasteiger partial charge is 0.377 e. The summed E-state index contributed by atoms with van der Waals surface area (Å²) in [4.78, 5) is 0. The second-order valence-corrected chi connectivity index (χ2v) is 10.4. The Balaban J connectivity index is 1.27. The van der Waals surface area contributed by atoms with E-state index in [0.717, 1.165) is 31.1 Å². The lowest BCUT2D eigenvalue weighted by Gasteiger charge is -2.28. The molecule has 1 aliphatic rings. The average Bonchev–Trinajstić information content (AvgIpc) is 2.88. The fourth-order valence-corrected chi connectivity index (χ4v) is 5.61. The zero-order valence-electron chi connectivity index (χ0n) is 22.1. The van der Waals surface area contributed by atoms with Crippen molar-refractivity contribution in [2.75, 3.05) is 7.11 Å². The Morgan fingerprint density at radius 1 is 0.735 bits per heavy atom. The van der Waals surface area contributed by atoms with Crippen molar-refractivity contribution in [3.8, 4) is 0 Å². The van der Waals surface area contributed by atoms with E-state index in [1.165, 1.54) is 86.5 Å². The Hall–Kier alpha value is -1.86. The molecule has 0 bridgehead atoms. The Kier molecular flexibility index (Phi) is 12.0. The second kappa shape index (κ2) is 15.2. The van der Waals surface area contributed by atoms with Crippen LogP contribution in [-0.2, 0) is 24.0 Å². The molecule has 0 heterocycles. The van der Waals surface area contributed by atoms with E-state index in [0.29, 0.717) is 0 Å². The van der Waals surface area contributed by atoms with Crippen LogP contribution in [0.15, 0.2) is 60.7 Å². The van der Waals surface area contributed by atoms with Crippen LogP contribution in [0.3, 0.4) is 0 Å². The zero-order valence-corrected chi connectivity index (χ0v) is 22.1. The molecule has 0 aromatic heterocycles. The summed E-state index contributed by atoms with van der Waals surface area (Å²) in [6.07, 6.45) is 21.8. The number of rotatable bonds is 14. The lowest BCUT2D eigenvalue weighted by atomic mass is 9.77. The van der Waals surface area contributed by atoms with Crippen LogP contribution >= 0.6 is 0 Å². The third-order valence-electron chi connectivity index (χ3n) is 7.92. The highest BCUT2D eigenvalue weighted by molar-refractivity contribution is 5.25. The van der Waals surface area contributed by atoms with Crippen molar-refractivity contribution < 1.29 is 4.74 Å². The molecule has 1 heteroatoms. The SMILES string of the molecule is CC/C=C/Cc1ccc(CCCC[C@H]2CC[C@H](CCc3ccc(C(CC)OC)cc3)CC2)cc1. The molecule has 1 unspecified atom stereocenters. The summed E-state index contributed by atoms with van der Waals surface area (Å²) in [6.45, 7) is 4.38. The first-order valence-corrected chi connectivity index (χ1v) is 14.1. The molecule has 186 valence electrons. The second-order valence-electron chi connectivity index (χ2n) is 10.4. The van der Waals surface area contributed by atoms with E-state index in [4.69, 9.17) is 4.74 Å². The highest BCUT2D eigenvalue weighted by atomic mass is 16.5. The number of benzene rings is 2. The lowest BCUT2D eigenvalue weighted by molar-refractivity contribution is 0.100. The van der Waals surface area contributed by atoms with E-state index in [9.17, 15) is 0 Å². The van der Waals surface area contributed by atoms with Crippen molar-refractivity contribution in [3.05, 3.63) is 82.9 Å². The van der Waals surface area contributed by atoms with Gasteiger partial charge in [-0.25, -0.2) is 0 Å². The van der Waals surface area contributed by atoms with E-state index < -0.39 is 0 Å². The normalized spacial score (nSPS) is 19.5. The van der Waals surface area contributed by atoms with Gasteiger partial charge in [-0.3, -0.25) is 0 Å².